The van der Waals surface area contributed by atoms with Crippen molar-refractivity contribution in [2.75, 3.05) is 0 Å². The molecular weight excluding hydrogens is 340 g/mol. The van der Waals surface area contributed by atoms with Crippen LogP contribution in [0.5, 0.6) is 5.75 Å². The summed E-state index contributed by atoms with van der Waals surface area (Å²) in [5.74, 6) is 1.87. The molecule has 1 aliphatic carbocycles. The van der Waals surface area contributed by atoms with Crippen LogP contribution in [0.15, 0.2) is 53.2 Å². The molecule has 2 heterocycles. The summed E-state index contributed by atoms with van der Waals surface area (Å²) in [5, 5.41) is 4.06. The lowest BCUT2D eigenvalue weighted by molar-refractivity contribution is 0.301. The number of rotatable bonds is 6. The van der Waals surface area contributed by atoms with E-state index in [1.807, 2.05) is 48.5 Å². The predicted molar refractivity (Wildman–Crippen MR) is 103 cm³/mol. The summed E-state index contributed by atoms with van der Waals surface area (Å²) in [6.45, 7) is 0.446. The Labute approximate surface area is 158 Å². The standard InChI is InChI=1S/C21H22N4O2/c22-21(12-2-3-13-21)20-24-19(27-25-20)11-8-16-6-9-18(10-7-16)26-15-17-5-1-4-14-23-17/h1,4-11,14H,2-3,12-13,15,22H2/b11-8+. The summed E-state index contributed by atoms with van der Waals surface area (Å²) in [6, 6.07) is 13.6. The van der Waals surface area contributed by atoms with E-state index in [0.29, 0.717) is 18.3 Å². The first kappa shape index (κ1) is 17.4. The van der Waals surface area contributed by atoms with Gasteiger partial charge in [0.25, 0.3) is 5.89 Å². The van der Waals surface area contributed by atoms with Gasteiger partial charge in [-0.05, 0) is 48.7 Å². The van der Waals surface area contributed by atoms with Crippen molar-refractivity contribution in [1.29, 1.82) is 0 Å². The molecule has 0 spiro atoms. The second-order valence-corrected chi connectivity index (χ2v) is 6.83. The van der Waals surface area contributed by atoms with Crippen LogP contribution < -0.4 is 10.5 Å². The highest BCUT2D eigenvalue weighted by Gasteiger charge is 2.35. The van der Waals surface area contributed by atoms with E-state index in [-0.39, 0.29) is 0 Å². The number of aromatic nitrogens is 3. The smallest absolute Gasteiger partial charge is 0.250 e. The van der Waals surface area contributed by atoms with Gasteiger partial charge in [0.05, 0.1) is 11.2 Å². The van der Waals surface area contributed by atoms with Crippen molar-refractivity contribution < 1.29 is 9.26 Å². The van der Waals surface area contributed by atoms with E-state index in [1.54, 1.807) is 12.3 Å². The molecule has 2 N–H and O–H groups in total. The summed E-state index contributed by atoms with van der Waals surface area (Å²) in [7, 11) is 0. The van der Waals surface area contributed by atoms with Crippen LogP contribution in [0.25, 0.3) is 12.2 Å². The zero-order chi connectivity index (χ0) is 18.5. The molecule has 6 heteroatoms. The maximum absolute atomic E-state index is 6.36. The van der Waals surface area contributed by atoms with Gasteiger partial charge in [0, 0.05) is 12.3 Å². The molecule has 0 amide bonds. The monoisotopic (exact) mass is 362 g/mol. The molecule has 0 atom stereocenters. The molecule has 1 saturated carbocycles. The summed E-state index contributed by atoms with van der Waals surface area (Å²) in [4.78, 5) is 8.68. The van der Waals surface area contributed by atoms with Crippen molar-refractivity contribution in [3.63, 3.8) is 0 Å². The van der Waals surface area contributed by atoms with Gasteiger partial charge >= 0.3 is 0 Å². The molecule has 2 aromatic heterocycles. The van der Waals surface area contributed by atoms with Crippen LogP contribution in [0.1, 0.15) is 48.7 Å². The van der Waals surface area contributed by atoms with Crippen LogP contribution in [0.2, 0.25) is 0 Å². The molecule has 6 nitrogen and oxygen atoms in total. The fourth-order valence-electron chi connectivity index (χ4n) is 3.22. The van der Waals surface area contributed by atoms with Gasteiger partial charge in [-0.3, -0.25) is 4.98 Å². The van der Waals surface area contributed by atoms with Crippen molar-refractivity contribution >= 4 is 12.2 Å². The third-order valence-corrected chi connectivity index (χ3v) is 4.79. The third kappa shape index (κ3) is 4.23. The Bertz CT molecular complexity index is 897. The number of nitrogens with zero attached hydrogens (tertiary/aromatic N) is 3. The van der Waals surface area contributed by atoms with E-state index in [1.165, 1.54) is 0 Å². The summed E-state index contributed by atoms with van der Waals surface area (Å²) in [5.41, 5.74) is 7.85. The number of hydrogen-bond acceptors (Lipinski definition) is 6. The molecule has 1 fully saturated rings. The van der Waals surface area contributed by atoms with Gasteiger partial charge in [-0.15, -0.1) is 0 Å². The molecule has 0 bridgehead atoms. The van der Waals surface area contributed by atoms with Crippen molar-refractivity contribution in [3.8, 4) is 5.75 Å². The van der Waals surface area contributed by atoms with Gasteiger partial charge < -0.3 is 15.0 Å². The van der Waals surface area contributed by atoms with Crippen molar-refractivity contribution in [2.24, 2.45) is 5.73 Å². The molecule has 0 aliphatic heterocycles. The minimum absolute atomic E-state index is 0.428. The lowest BCUT2D eigenvalue weighted by Crippen LogP contribution is -2.34. The fraction of sp³-hybridized carbons (Fsp3) is 0.286. The Kier molecular flexibility index (Phi) is 4.98. The second kappa shape index (κ2) is 7.72. The summed E-state index contributed by atoms with van der Waals surface area (Å²) in [6.07, 6.45) is 9.55. The van der Waals surface area contributed by atoms with E-state index in [4.69, 9.17) is 15.0 Å². The van der Waals surface area contributed by atoms with Crippen LogP contribution in [-0.4, -0.2) is 15.1 Å². The summed E-state index contributed by atoms with van der Waals surface area (Å²) < 4.78 is 11.1. The highest BCUT2D eigenvalue weighted by atomic mass is 16.5. The first-order valence-corrected chi connectivity index (χ1v) is 9.15. The third-order valence-electron chi connectivity index (χ3n) is 4.79. The Balaban J connectivity index is 1.36. The lowest BCUT2D eigenvalue weighted by atomic mass is 9.99. The number of nitrogens with two attached hydrogens (primary N) is 1. The van der Waals surface area contributed by atoms with E-state index in [9.17, 15) is 0 Å². The number of ether oxygens (including phenoxy) is 1. The molecule has 0 unspecified atom stereocenters. The number of benzene rings is 1. The molecule has 4 rings (SSSR count). The minimum atomic E-state index is -0.428. The van der Waals surface area contributed by atoms with Gasteiger partial charge in [-0.1, -0.05) is 36.2 Å². The van der Waals surface area contributed by atoms with E-state index < -0.39 is 5.54 Å². The molecular formula is C21H22N4O2. The van der Waals surface area contributed by atoms with Crippen LogP contribution in [0.4, 0.5) is 0 Å². The Morgan fingerprint density at radius 1 is 1.07 bits per heavy atom. The Hall–Kier alpha value is -2.99. The molecule has 3 aromatic rings. The first-order valence-electron chi connectivity index (χ1n) is 9.15. The minimum Gasteiger partial charge on any atom is -0.487 e. The Morgan fingerprint density at radius 3 is 2.63 bits per heavy atom. The number of hydrogen-bond donors (Lipinski definition) is 1. The highest BCUT2D eigenvalue weighted by molar-refractivity contribution is 5.66. The van der Waals surface area contributed by atoms with Crippen molar-refractivity contribution in [3.05, 3.63) is 71.6 Å². The molecule has 1 aliphatic rings. The average Bonchev–Trinajstić information content (AvgIpc) is 3.37. The van der Waals surface area contributed by atoms with E-state index >= 15 is 0 Å². The van der Waals surface area contributed by atoms with Crippen molar-refractivity contribution in [1.82, 2.24) is 15.1 Å². The van der Waals surface area contributed by atoms with Gasteiger partial charge in [-0.2, -0.15) is 4.98 Å². The van der Waals surface area contributed by atoms with Gasteiger partial charge in [0.2, 0.25) is 0 Å². The van der Waals surface area contributed by atoms with Crippen LogP contribution in [-0.2, 0) is 12.1 Å². The lowest BCUT2D eigenvalue weighted by Gasteiger charge is -2.17. The molecule has 1 aromatic carbocycles. The van der Waals surface area contributed by atoms with Crippen LogP contribution in [0, 0.1) is 0 Å². The molecule has 0 radical (unpaired) electrons. The van der Waals surface area contributed by atoms with Crippen molar-refractivity contribution in [2.45, 2.75) is 37.8 Å². The second-order valence-electron chi connectivity index (χ2n) is 6.83. The van der Waals surface area contributed by atoms with Gasteiger partial charge in [0.15, 0.2) is 5.82 Å². The molecule has 138 valence electrons. The average molecular weight is 362 g/mol. The maximum atomic E-state index is 6.36. The van der Waals surface area contributed by atoms with E-state index in [2.05, 4.69) is 15.1 Å². The zero-order valence-electron chi connectivity index (χ0n) is 15.0. The quantitative estimate of drug-likeness (QED) is 0.714. The Morgan fingerprint density at radius 2 is 1.89 bits per heavy atom. The molecule has 27 heavy (non-hydrogen) atoms. The normalized spacial score (nSPS) is 16.0. The first-order chi connectivity index (χ1) is 13.2. The van der Waals surface area contributed by atoms with Crippen LogP contribution in [0.3, 0.4) is 0 Å². The fourth-order valence-corrected chi connectivity index (χ4v) is 3.22. The largest absolute Gasteiger partial charge is 0.487 e. The predicted octanol–water partition coefficient (Wildman–Crippen LogP) is 3.94. The summed E-state index contributed by atoms with van der Waals surface area (Å²) >= 11 is 0. The van der Waals surface area contributed by atoms with Gasteiger partial charge in [0.1, 0.15) is 12.4 Å². The number of pyridine rings is 1. The van der Waals surface area contributed by atoms with Gasteiger partial charge in [-0.25, -0.2) is 0 Å². The highest BCUT2D eigenvalue weighted by Crippen LogP contribution is 2.34. The SMILES string of the molecule is NC1(c2noc(/C=C/c3ccc(OCc4ccccn4)cc3)n2)CCCC1. The zero-order valence-corrected chi connectivity index (χ0v) is 15.0. The molecule has 0 saturated heterocycles. The topological polar surface area (TPSA) is 87.1 Å². The maximum Gasteiger partial charge on any atom is 0.250 e. The van der Waals surface area contributed by atoms with Crippen LogP contribution >= 0.6 is 0 Å². The van der Waals surface area contributed by atoms with E-state index in [0.717, 1.165) is 42.7 Å².